The first kappa shape index (κ1) is 17.2. The predicted molar refractivity (Wildman–Crippen MR) is 76.2 cm³/mol. The number of carbonyl (C=O) groups excluding carboxylic acids is 1. The van der Waals surface area contributed by atoms with E-state index in [1.165, 1.54) is 6.07 Å². The van der Waals surface area contributed by atoms with Gasteiger partial charge in [0, 0.05) is 18.9 Å². The zero-order chi connectivity index (χ0) is 15.8. The first-order valence-electron chi connectivity index (χ1n) is 6.50. The van der Waals surface area contributed by atoms with Gasteiger partial charge in [-0.1, -0.05) is 6.07 Å². The maximum absolute atomic E-state index is 12.2. The van der Waals surface area contributed by atoms with E-state index in [-0.39, 0.29) is 6.04 Å². The second kappa shape index (κ2) is 8.41. The Balaban J connectivity index is 2.62. The summed E-state index contributed by atoms with van der Waals surface area (Å²) in [5.74, 6) is 0.318. The molecule has 0 saturated heterocycles. The molecule has 5 nitrogen and oxygen atoms in total. The second-order valence-electron chi connectivity index (χ2n) is 4.64. The molecule has 118 valence electrons. The minimum absolute atomic E-state index is 0.144. The van der Waals surface area contributed by atoms with Crippen molar-refractivity contribution in [2.24, 2.45) is 0 Å². The number of anilines is 1. The summed E-state index contributed by atoms with van der Waals surface area (Å²) in [5, 5.41) is 5.29. The molecule has 0 spiro atoms. The number of benzene rings is 1. The van der Waals surface area contributed by atoms with E-state index < -0.39 is 19.1 Å². The van der Waals surface area contributed by atoms with Crippen molar-refractivity contribution in [2.75, 3.05) is 25.6 Å². The maximum Gasteiger partial charge on any atom is 0.319 e. The highest BCUT2D eigenvalue weighted by Gasteiger charge is 2.10. The highest BCUT2D eigenvalue weighted by Crippen LogP contribution is 2.23. The Morgan fingerprint density at radius 1 is 1.33 bits per heavy atom. The lowest BCUT2D eigenvalue weighted by Gasteiger charge is -2.15. The van der Waals surface area contributed by atoms with Gasteiger partial charge in [-0.2, -0.15) is 0 Å². The quantitative estimate of drug-likeness (QED) is 0.814. The van der Waals surface area contributed by atoms with Gasteiger partial charge in [-0.25, -0.2) is 13.6 Å². The van der Waals surface area contributed by atoms with Crippen LogP contribution in [0.5, 0.6) is 5.75 Å². The van der Waals surface area contributed by atoms with Crippen LogP contribution in [0.25, 0.3) is 0 Å². The molecule has 0 aliphatic rings. The molecule has 0 bridgehead atoms. The molecule has 0 heterocycles. The van der Waals surface area contributed by atoms with Crippen molar-refractivity contribution in [1.82, 2.24) is 5.32 Å². The third-order valence-corrected chi connectivity index (χ3v) is 2.60. The summed E-state index contributed by atoms with van der Waals surface area (Å²) in [6.07, 6.45) is -2.54. The van der Waals surface area contributed by atoms with Crippen molar-refractivity contribution >= 4 is 11.7 Å². The number of amides is 2. The molecule has 1 atom stereocenters. The Labute approximate surface area is 122 Å². The van der Waals surface area contributed by atoms with Crippen LogP contribution < -0.4 is 15.4 Å². The van der Waals surface area contributed by atoms with Gasteiger partial charge < -0.3 is 20.1 Å². The molecular formula is C14H20F2N2O3. The molecule has 0 aliphatic heterocycles. The molecule has 7 heteroatoms. The summed E-state index contributed by atoms with van der Waals surface area (Å²) in [6.45, 7) is 3.26. The molecule has 0 saturated carbocycles. The van der Waals surface area contributed by atoms with E-state index in [1.54, 1.807) is 33.1 Å². The smallest absolute Gasteiger partial charge is 0.319 e. The van der Waals surface area contributed by atoms with Crippen molar-refractivity contribution < 1.29 is 23.0 Å². The number of hydrogen-bond acceptors (Lipinski definition) is 3. The summed E-state index contributed by atoms with van der Waals surface area (Å²) in [4.78, 5) is 11.7. The van der Waals surface area contributed by atoms with Crippen LogP contribution in [0.3, 0.4) is 0 Å². The fraction of sp³-hybridized carbons (Fsp3) is 0.500. The van der Waals surface area contributed by atoms with E-state index in [9.17, 15) is 13.6 Å². The normalized spacial score (nSPS) is 12.1. The molecule has 0 aliphatic carbocycles. The monoisotopic (exact) mass is 302 g/mol. The van der Waals surface area contributed by atoms with Gasteiger partial charge in [0.15, 0.2) is 0 Å². The standard InChI is InChI=1S/C14H20F2N2O3/c1-9-4-5-11(6-12(9)21-8-13(15)16)18-14(19)17-10(2)7-20-3/h4-6,10,13H,7-8H2,1-3H3,(H2,17,18,19). The molecule has 0 fully saturated rings. The van der Waals surface area contributed by atoms with Crippen molar-refractivity contribution in [1.29, 1.82) is 0 Å². The lowest BCUT2D eigenvalue weighted by atomic mass is 10.2. The number of aryl methyl sites for hydroxylation is 1. The fourth-order valence-electron chi connectivity index (χ4n) is 1.67. The number of alkyl halides is 2. The highest BCUT2D eigenvalue weighted by atomic mass is 19.3. The number of hydrogen-bond donors (Lipinski definition) is 2. The maximum atomic E-state index is 12.2. The van der Waals surface area contributed by atoms with E-state index in [1.807, 2.05) is 0 Å². The molecule has 0 aromatic heterocycles. The molecule has 1 unspecified atom stereocenters. The lowest BCUT2D eigenvalue weighted by molar-refractivity contribution is 0.0816. The second-order valence-corrected chi connectivity index (χ2v) is 4.64. The van der Waals surface area contributed by atoms with Crippen LogP contribution in [0.4, 0.5) is 19.3 Å². The van der Waals surface area contributed by atoms with Crippen molar-refractivity contribution in [3.63, 3.8) is 0 Å². The molecular weight excluding hydrogens is 282 g/mol. The lowest BCUT2D eigenvalue weighted by Crippen LogP contribution is -2.38. The molecule has 2 amide bonds. The minimum Gasteiger partial charge on any atom is -0.487 e. The Morgan fingerprint density at radius 2 is 2.05 bits per heavy atom. The average molecular weight is 302 g/mol. The van der Waals surface area contributed by atoms with Gasteiger partial charge in [-0.15, -0.1) is 0 Å². The van der Waals surface area contributed by atoms with Crippen LogP contribution in [0.1, 0.15) is 12.5 Å². The molecule has 1 rings (SSSR count). The molecule has 1 aromatic rings. The van der Waals surface area contributed by atoms with Crippen LogP contribution in [-0.2, 0) is 4.74 Å². The first-order chi connectivity index (χ1) is 9.92. The number of methoxy groups -OCH3 is 1. The minimum atomic E-state index is -2.54. The van der Waals surface area contributed by atoms with E-state index in [0.717, 1.165) is 0 Å². The Morgan fingerprint density at radius 3 is 2.67 bits per heavy atom. The fourth-order valence-corrected chi connectivity index (χ4v) is 1.67. The summed E-state index contributed by atoms with van der Waals surface area (Å²) >= 11 is 0. The SMILES string of the molecule is COCC(C)NC(=O)Nc1ccc(C)c(OCC(F)F)c1. The largest absolute Gasteiger partial charge is 0.487 e. The van der Waals surface area contributed by atoms with Crippen molar-refractivity contribution in [2.45, 2.75) is 26.3 Å². The van der Waals surface area contributed by atoms with E-state index in [4.69, 9.17) is 9.47 Å². The summed E-state index contributed by atoms with van der Waals surface area (Å²) < 4.78 is 34.2. The van der Waals surface area contributed by atoms with Crippen LogP contribution in [0.15, 0.2) is 18.2 Å². The topological polar surface area (TPSA) is 59.6 Å². The summed E-state index contributed by atoms with van der Waals surface area (Å²) in [5.41, 5.74) is 1.18. The average Bonchev–Trinajstić information content (AvgIpc) is 2.39. The third-order valence-electron chi connectivity index (χ3n) is 2.60. The molecule has 0 radical (unpaired) electrons. The van der Waals surface area contributed by atoms with E-state index in [2.05, 4.69) is 10.6 Å². The van der Waals surface area contributed by atoms with Crippen LogP contribution in [-0.4, -0.2) is 38.8 Å². The van der Waals surface area contributed by atoms with Gasteiger partial charge in [-0.05, 0) is 25.5 Å². The van der Waals surface area contributed by atoms with E-state index >= 15 is 0 Å². The molecule has 2 N–H and O–H groups in total. The van der Waals surface area contributed by atoms with Crippen LogP contribution in [0, 0.1) is 6.92 Å². The Hall–Kier alpha value is -1.89. The number of nitrogens with one attached hydrogen (secondary N) is 2. The van der Waals surface area contributed by atoms with E-state index in [0.29, 0.717) is 23.6 Å². The predicted octanol–water partition coefficient (Wildman–Crippen LogP) is 2.80. The zero-order valence-corrected chi connectivity index (χ0v) is 12.3. The summed E-state index contributed by atoms with van der Waals surface area (Å²) in [6, 6.07) is 4.33. The Bertz CT molecular complexity index is 470. The summed E-state index contributed by atoms with van der Waals surface area (Å²) in [7, 11) is 1.54. The number of ether oxygens (including phenoxy) is 2. The van der Waals surface area contributed by atoms with Gasteiger partial charge in [-0.3, -0.25) is 0 Å². The van der Waals surface area contributed by atoms with Crippen molar-refractivity contribution in [3.05, 3.63) is 23.8 Å². The van der Waals surface area contributed by atoms with Gasteiger partial charge in [0.25, 0.3) is 6.43 Å². The molecule has 1 aromatic carbocycles. The van der Waals surface area contributed by atoms with Crippen molar-refractivity contribution in [3.8, 4) is 5.75 Å². The van der Waals surface area contributed by atoms with Gasteiger partial charge in [0.1, 0.15) is 12.4 Å². The number of rotatable bonds is 7. The van der Waals surface area contributed by atoms with Gasteiger partial charge in [0.05, 0.1) is 12.6 Å². The van der Waals surface area contributed by atoms with Gasteiger partial charge >= 0.3 is 6.03 Å². The first-order valence-corrected chi connectivity index (χ1v) is 6.50. The number of carbonyl (C=O) groups is 1. The zero-order valence-electron chi connectivity index (χ0n) is 12.3. The van der Waals surface area contributed by atoms with Gasteiger partial charge in [0.2, 0.25) is 0 Å². The highest BCUT2D eigenvalue weighted by molar-refractivity contribution is 5.89. The third kappa shape index (κ3) is 6.40. The van der Waals surface area contributed by atoms with Crippen LogP contribution >= 0.6 is 0 Å². The number of urea groups is 1. The van der Waals surface area contributed by atoms with Crippen LogP contribution in [0.2, 0.25) is 0 Å². The molecule has 21 heavy (non-hydrogen) atoms. The Kier molecular flexibility index (Phi) is 6.87. The number of halogens is 2.